The maximum atomic E-state index is 9.37. The average molecular weight is 324 g/mol. The summed E-state index contributed by atoms with van der Waals surface area (Å²) in [5.74, 6) is 0.721. The number of anilines is 2. The van der Waals surface area contributed by atoms with Gasteiger partial charge in [0.05, 0.1) is 23.9 Å². The Hall–Kier alpha value is -2.77. The largest absolute Gasteiger partial charge is 0.497 e. The Balaban J connectivity index is 2.14. The van der Waals surface area contributed by atoms with E-state index in [1.54, 1.807) is 13.3 Å². The van der Waals surface area contributed by atoms with Crippen LogP contribution in [0, 0.1) is 18.3 Å². The van der Waals surface area contributed by atoms with Gasteiger partial charge in [-0.05, 0) is 36.8 Å². The lowest BCUT2D eigenvalue weighted by Gasteiger charge is -2.13. The van der Waals surface area contributed by atoms with E-state index in [1.807, 2.05) is 43.3 Å². The second-order valence-corrected chi connectivity index (χ2v) is 5.54. The number of nitrogens with one attached hydrogen (secondary N) is 1. The van der Waals surface area contributed by atoms with Gasteiger partial charge in [-0.15, -0.1) is 0 Å². The molecule has 0 spiro atoms. The molecular formula is C18H14ClN3O. The van der Waals surface area contributed by atoms with Crippen LogP contribution in [0.15, 0.2) is 42.6 Å². The van der Waals surface area contributed by atoms with Gasteiger partial charge in [-0.1, -0.05) is 17.7 Å². The smallest absolute Gasteiger partial charge is 0.121 e. The molecule has 1 aromatic heterocycles. The average Bonchev–Trinajstić information content (AvgIpc) is 2.58. The summed E-state index contributed by atoms with van der Waals surface area (Å²) in [6.07, 6.45) is 1.56. The summed E-state index contributed by atoms with van der Waals surface area (Å²) in [6.45, 7) is 1.95. The van der Waals surface area contributed by atoms with E-state index in [4.69, 9.17) is 16.3 Å². The zero-order valence-electron chi connectivity index (χ0n) is 12.7. The Labute approximate surface area is 139 Å². The van der Waals surface area contributed by atoms with Crippen molar-refractivity contribution >= 4 is 33.9 Å². The van der Waals surface area contributed by atoms with E-state index in [0.717, 1.165) is 27.9 Å². The van der Waals surface area contributed by atoms with Crippen LogP contribution in [-0.4, -0.2) is 12.1 Å². The van der Waals surface area contributed by atoms with Crippen molar-refractivity contribution in [3.63, 3.8) is 0 Å². The first kappa shape index (κ1) is 15.1. The Morgan fingerprint density at radius 1 is 1.22 bits per heavy atom. The highest BCUT2D eigenvalue weighted by Gasteiger charge is 2.10. The maximum absolute atomic E-state index is 9.37. The van der Waals surface area contributed by atoms with Crippen LogP contribution in [-0.2, 0) is 0 Å². The molecule has 5 heteroatoms. The Kier molecular flexibility index (Phi) is 4.05. The van der Waals surface area contributed by atoms with Crippen molar-refractivity contribution in [1.82, 2.24) is 4.98 Å². The minimum atomic E-state index is 0.472. The summed E-state index contributed by atoms with van der Waals surface area (Å²) in [7, 11) is 1.61. The molecule has 0 fully saturated rings. The molecule has 0 amide bonds. The Bertz CT molecular complexity index is 931. The van der Waals surface area contributed by atoms with Gasteiger partial charge in [-0.25, -0.2) is 0 Å². The quantitative estimate of drug-likeness (QED) is 0.750. The molecule has 0 bridgehead atoms. The van der Waals surface area contributed by atoms with Crippen molar-refractivity contribution in [2.45, 2.75) is 6.92 Å². The van der Waals surface area contributed by atoms with E-state index < -0.39 is 0 Å². The number of benzene rings is 2. The molecule has 3 aromatic rings. The summed E-state index contributed by atoms with van der Waals surface area (Å²) in [5, 5.41) is 14.2. The summed E-state index contributed by atoms with van der Waals surface area (Å²) in [5.41, 5.74) is 3.76. The summed E-state index contributed by atoms with van der Waals surface area (Å²) >= 11 is 6.18. The molecule has 0 saturated carbocycles. The van der Waals surface area contributed by atoms with Crippen molar-refractivity contribution in [1.29, 1.82) is 5.26 Å². The first-order valence-electron chi connectivity index (χ1n) is 7.02. The molecule has 0 aliphatic carbocycles. The molecule has 4 nitrogen and oxygen atoms in total. The van der Waals surface area contributed by atoms with Gasteiger partial charge in [0.25, 0.3) is 0 Å². The third kappa shape index (κ3) is 2.92. The van der Waals surface area contributed by atoms with E-state index in [0.29, 0.717) is 16.3 Å². The molecular weight excluding hydrogens is 310 g/mol. The van der Waals surface area contributed by atoms with Crippen LogP contribution in [0.2, 0.25) is 5.02 Å². The summed E-state index contributed by atoms with van der Waals surface area (Å²) < 4.78 is 5.22. The van der Waals surface area contributed by atoms with Gasteiger partial charge in [-0.3, -0.25) is 4.98 Å². The number of halogens is 1. The molecule has 1 N–H and O–H groups in total. The van der Waals surface area contributed by atoms with E-state index in [1.165, 1.54) is 0 Å². The predicted octanol–water partition coefficient (Wildman–Crippen LogP) is 4.82. The third-order valence-electron chi connectivity index (χ3n) is 3.64. The minimum Gasteiger partial charge on any atom is -0.497 e. The molecule has 0 aliphatic rings. The number of nitrogens with zero attached hydrogens (tertiary/aromatic N) is 2. The first-order valence-corrected chi connectivity index (χ1v) is 7.40. The topological polar surface area (TPSA) is 57.9 Å². The van der Waals surface area contributed by atoms with Gasteiger partial charge in [0, 0.05) is 28.4 Å². The lowest BCUT2D eigenvalue weighted by molar-refractivity contribution is 0.415. The number of nitriles is 1. The molecule has 0 radical (unpaired) electrons. The van der Waals surface area contributed by atoms with E-state index in [2.05, 4.69) is 16.4 Å². The predicted molar refractivity (Wildman–Crippen MR) is 92.5 cm³/mol. The number of methoxy groups -OCH3 is 1. The van der Waals surface area contributed by atoms with Gasteiger partial charge >= 0.3 is 0 Å². The molecule has 114 valence electrons. The van der Waals surface area contributed by atoms with Crippen LogP contribution in [0.4, 0.5) is 11.4 Å². The molecule has 1 heterocycles. The number of ether oxygens (including phenoxy) is 1. The number of rotatable bonds is 3. The zero-order valence-corrected chi connectivity index (χ0v) is 13.5. The molecule has 0 aliphatic heterocycles. The third-order valence-corrected chi connectivity index (χ3v) is 4.05. The van der Waals surface area contributed by atoms with E-state index in [9.17, 15) is 5.26 Å². The van der Waals surface area contributed by atoms with Gasteiger partial charge in [-0.2, -0.15) is 5.26 Å². The standard InChI is InChI=1S/C18H14ClN3O/c1-11-3-4-13(7-16(11)19)22-18-12(9-20)10-21-17-8-14(23-2)5-6-15(17)18/h3-8,10H,1-2H3,(H,21,22). The summed E-state index contributed by atoms with van der Waals surface area (Å²) in [6, 6.07) is 13.4. The van der Waals surface area contributed by atoms with Crippen LogP contribution >= 0.6 is 11.6 Å². The van der Waals surface area contributed by atoms with Crippen LogP contribution in [0.25, 0.3) is 10.9 Å². The molecule has 2 aromatic carbocycles. The maximum Gasteiger partial charge on any atom is 0.121 e. The lowest BCUT2D eigenvalue weighted by atomic mass is 10.1. The number of fused-ring (bicyclic) bond motifs is 1. The zero-order chi connectivity index (χ0) is 16.4. The number of aromatic nitrogens is 1. The van der Waals surface area contributed by atoms with Crippen molar-refractivity contribution < 1.29 is 4.74 Å². The fraction of sp³-hybridized carbons (Fsp3) is 0.111. The summed E-state index contributed by atoms with van der Waals surface area (Å²) in [4.78, 5) is 4.33. The Morgan fingerprint density at radius 3 is 2.74 bits per heavy atom. The van der Waals surface area contributed by atoms with Crippen LogP contribution in [0.1, 0.15) is 11.1 Å². The van der Waals surface area contributed by atoms with Crippen molar-refractivity contribution in [3.8, 4) is 11.8 Å². The molecule has 0 unspecified atom stereocenters. The molecule has 3 rings (SSSR count). The normalized spacial score (nSPS) is 10.3. The number of hydrogen-bond acceptors (Lipinski definition) is 4. The fourth-order valence-electron chi connectivity index (χ4n) is 2.33. The highest BCUT2D eigenvalue weighted by atomic mass is 35.5. The number of pyridine rings is 1. The van der Waals surface area contributed by atoms with Crippen LogP contribution in [0.3, 0.4) is 0 Å². The second kappa shape index (κ2) is 6.15. The van der Waals surface area contributed by atoms with Gasteiger partial charge in [0.15, 0.2) is 0 Å². The monoisotopic (exact) mass is 323 g/mol. The first-order chi connectivity index (χ1) is 11.1. The van der Waals surface area contributed by atoms with Crippen molar-refractivity contribution in [2.75, 3.05) is 12.4 Å². The van der Waals surface area contributed by atoms with Gasteiger partial charge in [0.1, 0.15) is 11.8 Å². The van der Waals surface area contributed by atoms with Crippen molar-refractivity contribution in [3.05, 3.63) is 58.7 Å². The minimum absolute atomic E-state index is 0.472. The number of aryl methyl sites for hydroxylation is 1. The molecule has 0 atom stereocenters. The van der Waals surface area contributed by atoms with Crippen LogP contribution in [0.5, 0.6) is 5.75 Å². The lowest BCUT2D eigenvalue weighted by Crippen LogP contribution is -1.97. The molecule has 23 heavy (non-hydrogen) atoms. The fourth-order valence-corrected chi connectivity index (χ4v) is 2.52. The highest BCUT2D eigenvalue weighted by molar-refractivity contribution is 6.31. The number of hydrogen-bond donors (Lipinski definition) is 1. The van der Waals surface area contributed by atoms with E-state index >= 15 is 0 Å². The van der Waals surface area contributed by atoms with E-state index in [-0.39, 0.29) is 0 Å². The Morgan fingerprint density at radius 2 is 2.04 bits per heavy atom. The van der Waals surface area contributed by atoms with Crippen LogP contribution < -0.4 is 10.1 Å². The van der Waals surface area contributed by atoms with Crippen molar-refractivity contribution in [2.24, 2.45) is 0 Å². The molecule has 0 saturated heterocycles. The van der Waals surface area contributed by atoms with Gasteiger partial charge in [0.2, 0.25) is 0 Å². The highest BCUT2D eigenvalue weighted by Crippen LogP contribution is 2.32. The SMILES string of the molecule is COc1ccc2c(Nc3ccc(C)c(Cl)c3)c(C#N)cnc2c1. The second-order valence-electron chi connectivity index (χ2n) is 5.13. The van der Waals surface area contributed by atoms with Gasteiger partial charge < -0.3 is 10.1 Å².